The van der Waals surface area contributed by atoms with Crippen molar-refractivity contribution in [1.82, 2.24) is 4.90 Å². The van der Waals surface area contributed by atoms with Crippen molar-refractivity contribution in [3.05, 3.63) is 0 Å². The fourth-order valence-corrected chi connectivity index (χ4v) is 1.81. The monoisotopic (exact) mass is 199 g/mol. The van der Waals surface area contributed by atoms with Gasteiger partial charge in [-0.15, -0.1) is 0 Å². The minimum atomic E-state index is 0.268. The highest BCUT2D eigenvalue weighted by Crippen LogP contribution is 2.21. The Morgan fingerprint density at radius 1 is 1.29 bits per heavy atom. The molecule has 1 amide bonds. The maximum Gasteiger partial charge on any atom is 0.222 e. The van der Waals surface area contributed by atoms with Gasteiger partial charge in [-0.3, -0.25) is 4.79 Å². The van der Waals surface area contributed by atoms with Crippen molar-refractivity contribution in [2.75, 3.05) is 14.1 Å². The van der Waals surface area contributed by atoms with Crippen LogP contribution in [0.3, 0.4) is 0 Å². The van der Waals surface area contributed by atoms with Gasteiger partial charge in [0.1, 0.15) is 0 Å². The smallest absolute Gasteiger partial charge is 0.222 e. The molecule has 2 heteroatoms. The van der Waals surface area contributed by atoms with Crippen molar-refractivity contribution in [1.29, 1.82) is 0 Å². The van der Waals surface area contributed by atoms with Gasteiger partial charge in [0.15, 0.2) is 0 Å². The third kappa shape index (κ3) is 6.01. The van der Waals surface area contributed by atoms with Gasteiger partial charge < -0.3 is 4.90 Å². The van der Waals surface area contributed by atoms with E-state index in [1.165, 1.54) is 19.3 Å². The molecule has 0 spiro atoms. The second-order valence-electron chi connectivity index (χ2n) is 4.78. The van der Waals surface area contributed by atoms with Gasteiger partial charge in [-0.05, 0) is 18.3 Å². The molecule has 14 heavy (non-hydrogen) atoms. The van der Waals surface area contributed by atoms with Crippen molar-refractivity contribution in [2.45, 2.75) is 46.5 Å². The van der Waals surface area contributed by atoms with Crippen molar-refractivity contribution in [3.63, 3.8) is 0 Å². The minimum absolute atomic E-state index is 0.268. The summed E-state index contributed by atoms with van der Waals surface area (Å²) in [4.78, 5) is 13.2. The molecule has 2 nitrogen and oxygen atoms in total. The Bertz CT molecular complexity index is 164. The first-order chi connectivity index (χ1) is 6.47. The van der Waals surface area contributed by atoms with E-state index in [2.05, 4.69) is 20.8 Å². The first-order valence-electron chi connectivity index (χ1n) is 5.67. The van der Waals surface area contributed by atoms with Gasteiger partial charge >= 0.3 is 0 Å². The summed E-state index contributed by atoms with van der Waals surface area (Å²) in [6.45, 7) is 6.64. The maximum atomic E-state index is 11.5. The van der Waals surface area contributed by atoms with Crippen LogP contribution in [0.4, 0.5) is 0 Å². The zero-order valence-corrected chi connectivity index (χ0v) is 10.3. The van der Waals surface area contributed by atoms with Crippen molar-refractivity contribution in [3.8, 4) is 0 Å². The largest absolute Gasteiger partial charge is 0.349 e. The molecule has 0 aliphatic rings. The molecular weight excluding hydrogens is 174 g/mol. The second kappa shape index (κ2) is 6.86. The molecule has 84 valence electrons. The molecule has 0 N–H and O–H groups in total. The van der Waals surface area contributed by atoms with E-state index in [9.17, 15) is 4.79 Å². The summed E-state index contributed by atoms with van der Waals surface area (Å²) in [5.74, 6) is 1.54. The minimum Gasteiger partial charge on any atom is -0.349 e. The van der Waals surface area contributed by atoms with Crippen LogP contribution in [-0.2, 0) is 4.79 Å². The number of rotatable bonds is 6. The van der Waals surface area contributed by atoms with Gasteiger partial charge in [0, 0.05) is 20.5 Å². The highest BCUT2D eigenvalue weighted by Gasteiger charge is 2.15. The molecule has 1 unspecified atom stereocenters. The summed E-state index contributed by atoms with van der Waals surface area (Å²) >= 11 is 0. The van der Waals surface area contributed by atoms with Crippen LogP contribution in [0.2, 0.25) is 0 Å². The van der Waals surface area contributed by atoms with Gasteiger partial charge in [-0.2, -0.15) is 0 Å². The van der Waals surface area contributed by atoms with Crippen molar-refractivity contribution in [2.24, 2.45) is 11.8 Å². The summed E-state index contributed by atoms with van der Waals surface area (Å²) in [5, 5.41) is 0. The van der Waals surface area contributed by atoms with Gasteiger partial charge in [-0.1, -0.05) is 33.6 Å². The number of nitrogens with zero attached hydrogens (tertiary/aromatic N) is 1. The lowest BCUT2D eigenvalue weighted by molar-refractivity contribution is -0.129. The standard InChI is InChI=1S/C12H25NO/c1-6-7-11(8-10(2)3)9-12(14)13(4)5/h10-11H,6-9H2,1-5H3. The normalized spacial score (nSPS) is 13.0. The molecule has 0 aromatic rings. The topological polar surface area (TPSA) is 20.3 Å². The highest BCUT2D eigenvalue weighted by atomic mass is 16.2. The van der Waals surface area contributed by atoms with Gasteiger partial charge in [0.05, 0.1) is 0 Å². The van der Waals surface area contributed by atoms with Crippen molar-refractivity contribution >= 4 is 5.91 Å². The molecule has 0 aromatic carbocycles. The predicted molar refractivity (Wildman–Crippen MR) is 61.2 cm³/mol. The Labute approximate surface area is 88.7 Å². The van der Waals surface area contributed by atoms with Gasteiger partial charge in [0.2, 0.25) is 5.91 Å². The molecule has 0 heterocycles. The van der Waals surface area contributed by atoms with Crippen LogP contribution in [-0.4, -0.2) is 24.9 Å². The molecule has 0 radical (unpaired) electrons. The first kappa shape index (κ1) is 13.5. The number of amides is 1. The lowest BCUT2D eigenvalue weighted by atomic mass is 9.90. The third-order valence-corrected chi connectivity index (χ3v) is 2.46. The summed E-state index contributed by atoms with van der Waals surface area (Å²) in [5.41, 5.74) is 0. The molecule has 1 atom stereocenters. The average Bonchev–Trinajstić information content (AvgIpc) is 2.02. The van der Waals surface area contributed by atoms with Crippen LogP contribution in [0.25, 0.3) is 0 Å². The van der Waals surface area contributed by atoms with Crippen LogP contribution in [0, 0.1) is 11.8 Å². The molecule has 0 fully saturated rings. The molecule has 0 bridgehead atoms. The van der Waals surface area contributed by atoms with E-state index >= 15 is 0 Å². The molecule has 0 rings (SSSR count). The Kier molecular flexibility index (Phi) is 6.60. The fourth-order valence-electron chi connectivity index (χ4n) is 1.81. The van der Waals surface area contributed by atoms with E-state index in [4.69, 9.17) is 0 Å². The van der Waals surface area contributed by atoms with Gasteiger partial charge in [0.25, 0.3) is 0 Å². The molecule has 0 aliphatic carbocycles. The second-order valence-corrected chi connectivity index (χ2v) is 4.78. The fraction of sp³-hybridized carbons (Fsp3) is 0.917. The molecule has 0 aromatic heterocycles. The molecule has 0 saturated carbocycles. The number of carbonyl (C=O) groups excluding carboxylic acids is 1. The van der Waals surface area contributed by atoms with E-state index in [1.807, 2.05) is 14.1 Å². The van der Waals surface area contributed by atoms with E-state index in [1.54, 1.807) is 4.90 Å². The van der Waals surface area contributed by atoms with Crippen LogP contribution in [0.15, 0.2) is 0 Å². The zero-order chi connectivity index (χ0) is 11.1. The van der Waals surface area contributed by atoms with E-state index < -0.39 is 0 Å². The summed E-state index contributed by atoms with van der Waals surface area (Å²) in [6.07, 6.45) is 4.25. The van der Waals surface area contributed by atoms with Crippen LogP contribution in [0.5, 0.6) is 0 Å². The van der Waals surface area contributed by atoms with Crippen LogP contribution < -0.4 is 0 Å². The zero-order valence-electron chi connectivity index (χ0n) is 10.3. The summed E-state index contributed by atoms with van der Waals surface area (Å²) in [7, 11) is 3.67. The molecule has 0 aliphatic heterocycles. The number of hydrogen-bond donors (Lipinski definition) is 0. The van der Waals surface area contributed by atoms with E-state index in [-0.39, 0.29) is 5.91 Å². The quantitative estimate of drug-likeness (QED) is 0.644. The SMILES string of the molecule is CCCC(CC(=O)N(C)C)CC(C)C. The Balaban J connectivity index is 4.01. The Morgan fingerprint density at radius 3 is 2.21 bits per heavy atom. The van der Waals surface area contributed by atoms with E-state index in [0.29, 0.717) is 11.8 Å². The van der Waals surface area contributed by atoms with Crippen LogP contribution >= 0.6 is 0 Å². The maximum absolute atomic E-state index is 11.5. The van der Waals surface area contributed by atoms with Gasteiger partial charge in [-0.25, -0.2) is 0 Å². The average molecular weight is 199 g/mol. The van der Waals surface area contributed by atoms with Crippen molar-refractivity contribution < 1.29 is 4.79 Å². The summed E-state index contributed by atoms with van der Waals surface area (Å²) < 4.78 is 0. The Hall–Kier alpha value is -0.530. The lowest BCUT2D eigenvalue weighted by Gasteiger charge is -2.20. The molecule has 0 saturated heterocycles. The lowest BCUT2D eigenvalue weighted by Crippen LogP contribution is -2.24. The highest BCUT2D eigenvalue weighted by molar-refractivity contribution is 5.75. The number of hydrogen-bond acceptors (Lipinski definition) is 1. The molecular formula is C12H25NO. The number of carbonyl (C=O) groups is 1. The third-order valence-electron chi connectivity index (χ3n) is 2.46. The summed E-state index contributed by atoms with van der Waals surface area (Å²) in [6, 6.07) is 0. The Morgan fingerprint density at radius 2 is 1.86 bits per heavy atom. The predicted octanol–water partition coefficient (Wildman–Crippen LogP) is 2.93. The van der Waals surface area contributed by atoms with Crippen LogP contribution in [0.1, 0.15) is 46.5 Å². The first-order valence-corrected chi connectivity index (χ1v) is 5.67. The van der Waals surface area contributed by atoms with E-state index in [0.717, 1.165) is 6.42 Å².